The molecule has 4 heteroatoms. The second-order valence-corrected chi connectivity index (χ2v) is 2.14. The lowest BCUT2D eigenvalue weighted by Gasteiger charge is -1.91. The van der Waals surface area contributed by atoms with E-state index in [2.05, 4.69) is 9.53 Å². The highest BCUT2D eigenvalue weighted by molar-refractivity contribution is 6.33. The molecular weight excluding hydrogens is 132 g/mol. The van der Waals surface area contributed by atoms with Crippen molar-refractivity contribution >= 4 is 11.7 Å². The maximum absolute atomic E-state index is 10.7. The molecule has 0 unspecified atom stereocenters. The van der Waals surface area contributed by atoms with Gasteiger partial charge in [-0.3, -0.25) is 0 Å². The van der Waals surface area contributed by atoms with Crippen LogP contribution in [0.15, 0.2) is 0 Å². The number of nitrogens with zero attached hydrogens (tertiary/aromatic N) is 2. The van der Waals surface area contributed by atoms with Gasteiger partial charge in [0.2, 0.25) is 0 Å². The number of hydrogen-bond donors (Lipinski definition) is 0. The van der Waals surface area contributed by atoms with Gasteiger partial charge in [-0.2, -0.15) is 4.79 Å². The van der Waals surface area contributed by atoms with Gasteiger partial charge in [0.1, 0.15) is 0 Å². The number of carbonyl (C=O) groups is 1. The number of esters is 1. The highest BCUT2D eigenvalue weighted by atomic mass is 16.5. The minimum Gasteiger partial charge on any atom is -0.457 e. The number of hydrogen-bond acceptors (Lipinski definition) is 2. The SMILES string of the molecule is [N-]=[N+]=C1CCCCOC1=O. The third kappa shape index (κ3) is 1.42. The van der Waals surface area contributed by atoms with Gasteiger partial charge in [0, 0.05) is 0 Å². The summed E-state index contributed by atoms with van der Waals surface area (Å²) in [5.41, 5.74) is 8.41. The van der Waals surface area contributed by atoms with Crippen molar-refractivity contribution in [3.05, 3.63) is 5.53 Å². The zero-order valence-corrected chi connectivity index (χ0v) is 5.54. The van der Waals surface area contributed by atoms with E-state index in [9.17, 15) is 4.79 Å². The van der Waals surface area contributed by atoms with E-state index in [0.717, 1.165) is 12.8 Å². The summed E-state index contributed by atoms with van der Waals surface area (Å²) in [6, 6.07) is 0. The Morgan fingerprint density at radius 2 is 2.30 bits per heavy atom. The first-order valence-corrected chi connectivity index (χ1v) is 3.22. The molecule has 0 aromatic carbocycles. The number of cyclic esters (lactones) is 1. The Balaban J connectivity index is 2.70. The molecule has 4 nitrogen and oxygen atoms in total. The van der Waals surface area contributed by atoms with Crippen LogP contribution >= 0.6 is 0 Å². The van der Waals surface area contributed by atoms with Crippen LogP contribution < -0.4 is 0 Å². The lowest BCUT2D eigenvalue weighted by molar-refractivity contribution is -0.139. The van der Waals surface area contributed by atoms with Gasteiger partial charge in [0.25, 0.3) is 0 Å². The fourth-order valence-electron chi connectivity index (χ4n) is 0.836. The van der Waals surface area contributed by atoms with Crippen LogP contribution in [-0.2, 0) is 9.53 Å². The zero-order chi connectivity index (χ0) is 7.40. The van der Waals surface area contributed by atoms with Crippen LogP contribution in [0.1, 0.15) is 19.3 Å². The summed E-state index contributed by atoms with van der Waals surface area (Å²) in [6.07, 6.45) is 2.23. The van der Waals surface area contributed by atoms with E-state index in [0.29, 0.717) is 13.0 Å². The van der Waals surface area contributed by atoms with Gasteiger partial charge in [0.15, 0.2) is 0 Å². The monoisotopic (exact) mass is 140 g/mol. The quantitative estimate of drug-likeness (QED) is 0.277. The Kier molecular flexibility index (Phi) is 2.18. The smallest absolute Gasteiger partial charge is 0.416 e. The van der Waals surface area contributed by atoms with E-state index < -0.39 is 5.97 Å². The van der Waals surface area contributed by atoms with Gasteiger partial charge in [0.05, 0.1) is 13.0 Å². The van der Waals surface area contributed by atoms with Crippen LogP contribution in [0.25, 0.3) is 5.53 Å². The number of carbonyl (C=O) groups excluding carboxylic acids is 1. The Labute approximate surface area is 58.4 Å². The van der Waals surface area contributed by atoms with Crippen LogP contribution in [-0.4, -0.2) is 23.1 Å². The zero-order valence-electron chi connectivity index (χ0n) is 5.54. The Hall–Kier alpha value is -1.15. The predicted octanol–water partition coefficient (Wildman–Crippen LogP) is 0.384. The lowest BCUT2D eigenvalue weighted by atomic mass is 10.2. The van der Waals surface area contributed by atoms with Crippen molar-refractivity contribution in [1.29, 1.82) is 0 Å². The molecule has 0 aliphatic carbocycles. The molecule has 1 aliphatic rings. The fraction of sp³-hybridized carbons (Fsp3) is 0.667. The molecule has 0 bridgehead atoms. The van der Waals surface area contributed by atoms with Crippen LogP contribution in [0, 0.1) is 0 Å². The topological polar surface area (TPSA) is 62.7 Å². The summed E-state index contributed by atoms with van der Waals surface area (Å²) in [7, 11) is 0. The van der Waals surface area contributed by atoms with Gasteiger partial charge < -0.3 is 10.3 Å². The van der Waals surface area contributed by atoms with Gasteiger partial charge in [-0.05, 0) is 12.8 Å². The van der Waals surface area contributed by atoms with Crippen molar-refractivity contribution in [3.63, 3.8) is 0 Å². The summed E-state index contributed by atoms with van der Waals surface area (Å²) in [6.45, 7) is 0.442. The molecule has 1 rings (SSSR count). The summed E-state index contributed by atoms with van der Waals surface area (Å²) >= 11 is 0. The third-order valence-corrected chi connectivity index (χ3v) is 1.40. The fourth-order valence-corrected chi connectivity index (χ4v) is 0.836. The highest BCUT2D eigenvalue weighted by Crippen LogP contribution is 2.03. The molecule has 0 aromatic heterocycles. The van der Waals surface area contributed by atoms with E-state index in [1.54, 1.807) is 0 Å². The third-order valence-electron chi connectivity index (χ3n) is 1.40. The highest BCUT2D eigenvalue weighted by Gasteiger charge is 2.23. The molecule has 0 N–H and O–H groups in total. The summed E-state index contributed by atoms with van der Waals surface area (Å²) < 4.78 is 4.68. The molecule has 1 heterocycles. The molecular formula is C6H8N2O2. The summed E-state index contributed by atoms with van der Waals surface area (Å²) in [4.78, 5) is 13.6. The molecule has 0 spiro atoms. The molecule has 0 amide bonds. The molecule has 10 heavy (non-hydrogen) atoms. The Bertz CT molecular complexity index is 194. The van der Waals surface area contributed by atoms with E-state index in [1.165, 1.54) is 0 Å². The molecule has 0 radical (unpaired) electrons. The standard InChI is InChI=1S/C6H8N2O2/c7-8-5-3-1-2-4-10-6(5)9/h1-4H2. The van der Waals surface area contributed by atoms with Crippen molar-refractivity contribution in [2.45, 2.75) is 19.3 Å². The number of ether oxygens (including phenoxy) is 1. The van der Waals surface area contributed by atoms with Gasteiger partial charge in [-0.1, -0.05) is 0 Å². The molecule has 1 fully saturated rings. The maximum atomic E-state index is 10.7. The maximum Gasteiger partial charge on any atom is 0.416 e. The summed E-state index contributed by atoms with van der Waals surface area (Å²) in [5, 5.41) is 0. The van der Waals surface area contributed by atoms with E-state index in [-0.39, 0.29) is 5.71 Å². The van der Waals surface area contributed by atoms with E-state index in [1.807, 2.05) is 0 Å². The molecule has 1 saturated heterocycles. The van der Waals surface area contributed by atoms with Gasteiger partial charge in [-0.15, -0.1) is 0 Å². The van der Waals surface area contributed by atoms with Crippen molar-refractivity contribution < 1.29 is 14.3 Å². The van der Waals surface area contributed by atoms with Crippen LogP contribution in [0.4, 0.5) is 0 Å². The lowest BCUT2D eigenvalue weighted by Crippen LogP contribution is -2.15. The first-order valence-electron chi connectivity index (χ1n) is 3.22. The molecule has 0 saturated carbocycles. The average molecular weight is 140 g/mol. The predicted molar refractivity (Wildman–Crippen MR) is 33.4 cm³/mol. The minimum absolute atomic E-state index is 0.137. The van der Waals surface area contributed by atoms with E-state index in [4.69, 9.17) is 5.53 Å². The first-order chi connectivity index (χ1) is 4.84. The molecule has 54 valence electrons. The van der Waals surface area contributed by atoms with Gasteiger partial charge >= 0.3 is 11.7 Å². The van der Waals surface area contributed by atoms with Gasteiger partial charge in [-0.25, -0.2) is 4.79 Å². The second kappa shape index (κ2) is 3.13. The van der Waals surface area contributed by atoms with Crippen molar-refractivity contribution in [1.82, 2.24) is 0 Å². The second-order valence-electron chi connectivity index (χ2n) is 2.14. The van der Waals surface area contributed by atoms with Crippen LogP contribution in [0.5, 0.6) is 0 Å². The normalized spacial score (nSPS) is 19.2. The van der Waals surface area contributed by atoms with E-state index >= 15 is 0 Å². The Morgan fingerprint density at radius 1 is 1.50 bits per heavy atom. The summed E-state index contributed by atoms with van der Waals surface area (Å²) in [5.74, 6) is -0.486. The van der Waals surface area contributed by atoms with Crippen LogP contribution in [0.2, 0.25) is 0 Å². The molecule has 0 atom stereocenters. The molecule has 0 aromatic rings. The van der Waals surface area contributed by atoms with Crippen molar-refractivity contribution in [3.8, 4) is 0 Å². The first kappa shape index (κ1) is 6.96. The molecule has 1 aliphatic heterocycles. The largest absolute Gasteiger partial charge is 0.457 e. The minimum atomic E-state index is -0.486. The Morgan fingerprint density at radius 3 is 3.00 bits per heavy atom. The number of rotatable bonds is 0. The van der Waals surface area contributed by atoms with Crippen molar-refractivity contribution in [2.24, 2.45) is 0 Å². The average Bonchev–Trinajstić information content (AvgIpc) is 2.13. The van der Waals surface area contributed by atoms with Crippen molar-refractivity contribution in [2.75, 3.05) is 6.61 Å². The van der Waals surface area contributed by atoms with Crippen LogP contribution in [0.3, 0.4) is 0 Å².